The molecule has 0 bridgehead atoms. The first kappa shape index (κ1) is 20.2. The zero-order chi connectivity index (χ0) is 21.3. The third-order valence-electron chi connectivity index (χ3n) is 5.43. The van der Waals surface area contributed by atoms with Crippen LogP contribution in [0.1, 0.15) is 21.5 Å². The van der Waals surface area contributed by atoms with E-state index in [1.807, 2.05) is 31.2 Å². The molecule has 0 atom stereocenters. The van der Waals surface area contributed by atoms with Crippen molar-refractivity contribution in [1.82, 2.24) is 10.6 Å². The number of para-hydroxylation sites is 1. The van der Waals surface area contributed by atoms with Gasteiger partial charge in [-0.15, -0.1) is 0 Å². The zero-order valence-electron chi connectivity index (χ0n) is 16.7. The lowest BCUT2D eigenvalue weighted by Crippen LogP contribution is -2.37. The molecule has 3 amide bonds. The molecule has 0 aliphatic carbocycles. The van der Waals surface area contributed by atoms with Gasteiger partial charge in [-0.25, -0.2) is 13.2 Å². The monoisotopic (exact) mass is 428 g/mol. The fraction of sp³-hybridized carbons (Fsp3) is 0.333. The molecule has 2 aromatic rings. The molecule has 1 fully saturated rings. The van der Waals surface area contributed by atoms with Crippen LogP contribution >= 0.6 is 0 Å². The highest BCUT2D eigenvalue weighted by Crippen LogP contribution is 2.30. The van der Waals surface area contributed by atoms with Crippen molar-refractivity contribution in [3.8, 4) is 0 Å². The molecule has 1 saturated heterocycles. The van der Waals surface area contributed by atoms with Crippen molar-refractivity contribution < 1.29 is 18.0 Å². The molecule has 2 aliphatic heterocycles. The number of nitrogens with one attached hydrogen (secondary N) is 2. The molecule has 2 N–H and O–H groups in total. The number of anilines is 2. The molecule has 30 heavy (non-hydrogen) atoms. The number of rotatable bonds is 6. The number of hydrogen-bond donors (Lipinski definition) is 2. The lowest BCUT2D eigenvalue weighted by molar-refractivity contribution is 0.0956. The van der Waals surface area contributed by atoms with E-state index in [0.29, 0.717) is 31.6 Å². The Labute approximate surface area is 175 Å². The van der Waals surface area contributed by atoms with Gasteiger partial charge in [-0.3, -0.25) is 14.0 Å². The number of fused-ring (bicyclic) bond motifs is 1. The Kier molecular flexibility index (Phi) is 5.38. The second-order valence-electron chi connectivity index (χ2n) is 7.41. The van der Waals surface area contributed by atoms with Crippen molar-refractivity contribution in [3.63, 3.8) is 0 Å². The SMILES string of the molecule is Cc1cc(C(=O)NCCS(=O)(=O)N2CCc3ccccc32)ccc1N1CCNC1=O. The van der Waals surface area contributed by atoms with E-state index >= 15 is 0 Å². The van der Waals surface area contributed by atoms with Gasteiger partial charge in [0.15, 0.2) is 0 Å². The maximum absolute atomic E-state index is 12.7. The third-order valence-corrected chi connectivity index (χ3v) is 7.20. The Morgan fingerprint density at radius 1 is 1.13 bits per heavy atom. The van der Waals surface area contributed by atoms with E-state index in [-0.39, 0.29) is 24.2 Å². The molecule has 0 spiro atoms. The van der Waals surface area contributed by atoms with Gasteiger partial charge in [0, 0.05) is 37.4 Å². The summed E-state index contributed by atoms with van der Waals surface area (Å²) >= 11 is 0. The largest absolute Gasteiger partial charge is 0.351 e. The first-order chi connectivity index (χ1) is 14.4. The van der Waals surface area contributed by atoms with Crippen LogP contribution in [0.15, 0.2) is 42.5 Å². The van der Waals surface area contributed by atoms with Gasteiger partial charge >= 0.3 is 6.03 Å². The van der Waals surface area contributed by atoms with Gasteiger partial charge in [-0.1, -0.05) is 18.2 Å². The average molecular weight is 429 g/mol. The van der Waals surface area contributed by atoms with Crippen LogP contribution < -0.4 is 19.8 Å². The number of benzene rings is 2. The molecule has 2 aliphatic rings. The highest BCUT2D eigenvalue weighted by Gasteiger charge is 2.29. The standard InChI is InChI=1S/C21H24N4O4S/c1-15-14-17(6-7-18(15)24-12-9-23-21(24)27)20(26)22-10-13-30(28,29)25-11-8-16-4-2-3-5-19(16)25/h2-7,14H,8-13H2,1H3,(H,22,26)(H,23,27). The Morgan fingerprint density at radius 3 is 2.67 bits per heavy atom. The van der Waals surface area contributed by atoms with Crippen LogP contribution in [0.5, 0.6) is 0 Å². The summed E-state index contributed by atoms with van der Waals surface area (Å²) in [5.74, 6) is -0.509. The van der Waals surface area contributed by atoms with Crippen LogP contribution in [0, 0.1) is 6.92 Å². The second-order valence-corrected chi connectivity index (χ2v) is 9.42. The van der Waals surface area contributed by atoms with Gasteiger partial charge < -0.3 is 10.6 Å². The number of urea groups is 1. The molecule has 158 valence electrons. The number of amides is 3. The first-order valence-corrected chi connectivity index (χ1v) is 11.5. The van der Waals surface area contributed by atoms with Gasteiger partial charge in [0.2, 0.25) is 10.0 Å². The summed E-state index contributed by atoms with van der Waals surface area (Å²) in [6, 6.07) is 12.4. The fourth-order valence-electron chi connectivity index (χ4n) is 3.90. The van der Waals surface area contributed by atoms with Crippen LogP contribution in [0.25, 0.3) is 0 Å². The molecule has 8 nitrogen and oxygen atoms in total. The predicted octanol–water partition coefficient (Wildman–Crippen LogP) is 1.65. The maximum Gasteiger partial charge on any atom is 0.322 e. The second kappa shape index (κ2) is 7.98. The number of aryl methyl sites for hydroxylation is 1. The molecule has 9 heteroatoms. The van der Waals surface area contributed by atoms with Gasteiger partial charge in [0.1, 0.15) is 0 Å². The normalized spacial score (nSPS) is 15.8. The minimum atomic E-state index is -3.52. The lowest BCUT2D eigenvalue weighted by Gasteiger charge is -2.20. The van der Waals surface area contributed by atoms with Crippen LogP contribution in [0.2, 0.25) is 0 Å². The molecule has 2 aromatic carbocycles. The quantitative estimate of drug-likeness (QED) is 0.731. The smallest absolute Gasteiger partial charge is 0.322 e. The summed E-state index contributed by atoms with van der Waals surface area (Å²) in [7, 11) is -3.52. The van der Waals surface area contributed by atoms with E-state index in [1.165, 1.54) is 4.31 Å². The van der Waals surface area contributed by atoms with E-state index in [1.54, 1.807) is 23.1 Å². The van der Waals surface area contributed by atoms with Crippen LogP contribution in [0.4, 0.5) is 16.2 Å². The van der Waals surface area contributed by atoms with Crippen molar-refractivity contribution in [2.75, 3.05) is 41.1 Å². The van der Waals surface area contributed by atoms with Crippen LogP contribution in [-0.2, 0) is 16.4 Å². The van der Waals surface area contributed by atoms with E-state index in [0.717, 1.165) is 22.5 Å². The van der Waals surface area contributed by atoms with Crippen LogP contribution in [0.3, 0.4) is 0 Å². The highest BCUT2D eigenvalue weighted by molar-refractivity contribution is 7.92. The van der Waals surface area contributed by atoms with Gasteiger partial charge in [0.25, 0.3) is 5.91 Å². The van der Waals surface area contributed by atoms with E-state index in [2.05, 4.69) is 10.6 Å². The molecule has 0 radical (unpaired) electrons. The van der Waals surface area contributed by atoms with E-state index in [9.17, 15) is 18.0 Å². The number of carbonyl (C=O) groups excluding carboxylic acids is 2. The molecule has 0 aromatic heterocycles. The van der Waals surface area contributed by atoms with Gasteiger partial charge in [-0.05, 0) is 48.7 Å². The summed E-state index contributed by atoms with van der Waals surface area (Å²) in [4.78, 5) is 26.0. The topological polar surface area (TPSA) is 98.8 Å². The molecule has 0 unspecified atom stereocenters. The minimum Gasteiger partial charge on any atom is -0.351 e. The Bertz CT molecular complexity index is 1100. The predicted molar refractivity (Wildman–Crippen MR) is 116 cm³/mol. The molecule has 0 saturated carbocycles. The van der Waals surface area contributed by atoms with Crippen molar-refractivity contribution in [1.29, 1.82) is 0 Å². The summed E-state index contributed by atoms with van der Waals surface area (Å²) < 4.78 is 26.9. The summed E-state index contributed by atoms with van der Waals surface area (Å²) in [5, 5.41) is 5.44. The minimum absolute atomic E-state index is 0.0230. The lowest BCUT2D eigenvalue weighted by atomic mass is 10.1. The first-order valence-electron chi connectivity index (χ1n) is 9.89. The Hall–Kier alpha value is -3.07. The Balaban J connectivity index is 1.37. The average Bonchev–Trinajstić information content (AvgIpc) is 3.34. The van der Waals surface area contributed by atoms with Gasteiger partial charge in [0.05, 0.1) is 11.4 Å². The molecular formula is C21H24N4O4S. The maximum atomic E-state index is 12.7. The van der Waals surface area contributed by atoms with Crippen molar-refractivity contribution in [3.05, 3.63) is 59.2 Å². The van der Waals surface area contributed by atoms with Crippen molar-refractivity contribution in [2.45, 2.75) is 13.3 Å². The summed E-state index contributed by atoms with van der Waals surface area (Å²) in [6.07, 6.45) is 0.697. The number of carbonyl (C=O) groups is 2. The van der Waals surface area contributed by atoms with Gasteiger partial charge in [-0.2, -0.15) is 0 Å². The number of hydrogen-bond acceptors (Lipinski definition) is 4. The third kappa shape index (κ3) is 3.85. The van der Waals surface area contributed by atoms with E-state index < -0.39 is 10.0 Å². The molecule has 4 rings (SSSR count). The van der Waals surface area contributed by atoms with Crippen molar-refractivity contribution in [2.24, 2.45) is 0 Å². The summed E-state index contributed by atoms with van der Waals surface area (Å²) in [6.45, 7) is 3.47. The van der Waals surface area contributed by atoms with Crippen molar-refractivity contribution >= 4 is 33.3 Å². The number of sulfonamides is 1. The zero-order valence-corrected chi connectivity index (χ0v) is 17.5. The highest BCUT2D eigenvalue weighted by atomic mass is 32.2. The van der Waals surface area contributed by atoms with E-state index in [4.69, 9.17) is 0 Å². The fourth-order valence-corrected chi connectivity index (χ4v) is 5.33. The summed E-state index contributed by atoms with van der Waals surface area (Å²) in [5.41, 5.74) is 3.74. The number of nitrogens with zero attached hydrogens (tertiary/aromatic N) is 2. The van der Waals surface area contributed by atoms with Crippen LogP contribution in [-0.4, -0.2) is 52.3 Å². The Morgan fingerprint density at radius 2 is 1.93 bits per heavy atom. The molecule has 2 heterocycles. The molecular weight excluding hydrogens is 404 g/mol.